The van der Waals surface area contributed by atoms with Gasteiger partial charge in [0.1, 0.15) is 5.75 Å². The number of nitrogens with two attached hydrogens (primary N) is 1. The maximum atomic E-state index is 11.7. The molecular weight excluding hydrogens is 216 g/mol. The summed E-state index contributed by atoms with van der Waals surface area (Å²) in [5, 5.41) is 0. The van der Waals surface area contributed by atoms with Crippen molar-refractivity contribution in [2.45, 2.75) is 25.9 Å². The molecule has 0 radical (unpaired) electrons. The number of amides is 1. The minimum atomic E-state index is -0.0965. The van der Waals surface area contributed by atoms with Crippen molar-refractivity contribution in [2.75, 3.05) is 14.2 Å². The zero-order chi connectivity index (χ0) is 12.8. The van der Waals surface area contributed by atoms with Gasteiger partial charge in [0, 0.05) is 26.1 Å². The summed E-state index contributed by atoms with van der Waals surface area (Å²) >= 11 is 0. The van der Waals surface area contributed by atoms with Crippen molar-refractivity contribution in [3.8, 4) is 5.75 Å². The monoisotopic (exact) mass is 236 g/mol. The largest absolute Gasteiger partial charge is 0.497 e. The normalized spacial score (nSPS) is 12.0. The molecule has 17 heavy (non-hydrogen) atoms. The highest BCUT2D eigenvalue weighted by atomic mass is 16.5. The van der Waals surface area contributed by atoms with Crippen LogP contribution in [0.3, 0.4) is 0 Å². The van der Waals surface area contributed by atoms with Gasteiger partial charge in [0.05, 0.1) is 7.11 Å². The van der Waals surface area contributed by atoms with Crippen LogP contribution in [0.4, 0.5) is 0 Å². The summed E-state index contributed by atoms with van der Waals surface area (Å²) in [4.78, 5) is 13.4. The second-order valence-electron chi connectivity index (χ2n) is 4.28. The van der Waals surface area contributed by atoms with Crippen LogP contribution in [0.2, 0.25) is 0 Å². The van der Waals surface area contributed by atoms with Gasteiger partial charge in [0.25, 0.3) is 0 Å². The summed E-state index contributed by atoms with van der Waals surface area (Å²) in [5.41, 5.74) is 6.67. The average Bonchev–Trinajstić information content (AvgIpc) is 2.29. The third-order valence-corrected chi connectivity index (χ3v) is 2.50. The predicted molar refractivity (Wildman–Crippen MR) is 67.7 cm³/mol. The van der Waals surface area contributed by atoms with Crippen LogP contribution in [-0.4, -0.2) is 31.0 Å². The first-order valence-corrected chi connectivity index (χ1v) is 5.65. The lowest BCUT2D eigenvalue weighted by atomic mass is 10.2. The van der Waals surface area contributed by atoms with Gasteiger partial charge in [-0.2, -0.15) is 0 Å². The molecule has 4 heteroatoms. The van der Waals surface area contributed by atoms with Crippen LogP contribution in [0.15, 0.2) is 24.3 Å². The molecule has 1 atom stereocenters. The zero-order valence-electron chi connectivity index (χ0n) is 10.6. The summed E-state index contributed by atoms with van der Waals surface area (Å²) in [5.74, 6) is 0.883. The van der Waals surface area contributed by atoms with Crippen LogP contribution in [0.25, 0.3) is 0 Å². The fourth-order valence-electron chi connectivity index (χ4n) is 1.52. The molecule has 1 aromatic carbocycles. The van der Waals surface area contributed by atoms with Crippen LogP contribution < -0.4 is 10.5 Å². The topological polar surface area (TPSA) is 55.6 Å². The van der Waals surface area contributed by atoms with Crippen LogP contribution >= 0.6 is 0 Å². The van der Waals surface area contributed by atoms with E-state index in [2.05, 4.69) is 0 Å². The molecule has 0 saturated heterocycles. The van der Waals surface area contributed by atoms with Gasteiger partial charge in [-0.1, -0.05) is 12.1 Å². The molecule has 0 aromatic heterocycles. The smallest absolute Gasteiger partial charge is 0.224 e. The molecule has 1 unspecified atom stereocenters. The lowest BCUT2D eigenvalue weighted by Gasteiger charge is -2.18. The Balaban J connectivity index is 2.55. The number of ether oxygens (including phenoxy) is 1. The number of hydrogen-bond acceptors (Lipinski definition) is 3. The fourth-order valence-corrected chi connectivity index (χ4v) is 1.52. The maximum absolute atomic E-state index is 11.7. The van der Waals surface area contributed by atoms with Gasteiger partial charge >= 0.3 is 0 Å². The first-order chi connectivity index (χ1) is 8.02. The number of rotatable bonds is 5. The van der Waals surface area contributed by atoms with Crippen molar-refractivity contribution in [3.63, 3.8) is 0 Å². The Labute approximate surface area is 102 Å². The van der Waals surface area contributed by atoms with Gasteiger partial charge in [-0.15, -0.1) is 0 Å². The Morgan fingerprint density at radius 3 is 2.47 bits per heavy atom. The summed E-state index contributed by atoms with van der Waals surface area (Å²) in [6, 6.07) is 7.59. The van der Waals surface area contributed by atoms with Gasteiger partial charge in [-0.25, -0.2) is 0 Å². The van der Waals surface area contributed by atoms with E-state index in [4.69, 9.17) is 10.5 Å². The third-order valence-electron chi connectivity index (χ3n) is 2.50. The number of carbonyl (C=O) groups excluding carboxylic acids is 1. The summed E-state index contributed by atoms with van der Waals surface area (Å²) in [6.45, 7) is 2.43. The number of methoxy groups -OCH3 is 1. The molecule has 0 aliphatic rings. The van der Waals surface area contributed by atoms with E-state index in [1.807, 2.05) is 31.2 Å². The van der Waals surface area contributed by atoms with Crippen molar-refractivity contribution in [3.05, 3.63) is 29.8 Å². The molecule has 0 aliphatic heterocycles. The molecule has 1 rings (SSSR count). The Kier molecular flexibility index (Phi) is 4.97. The molecular formula is C13H20N2O2. The Hall–Kier alpha value is -1.55. The first-order valence-electron chi connectivity index (χ1n) is 5.65. The van der Waals surface area contributed by atoms with Gasteiger partial charge in [-0.3, -0.25) is 4.79 Å². The van der Waals surface area contributed by atoms with E-state index in [0.29, 0.717) is 13.0 Å². The van der Waals surface area contributed by atoms with Crippen LogP contribution in [0.5, 0.6) is 5.75 Å². The standard InChI is InChI=1S/C13H20N2O2/c1-10(14)8-13(16)15(2)9-11-4-6-12(17-3)7-5-11/h4-7,10H,8-9,14H2,1-3H3. The summed E-state index contributed by atoms with van der Waals surface area (Å²) < 4.78 is 5.08. The number of hydrogen-bond donors (Lipinski definition) is 1. The lowest BCUT2D eigenvalue weighted by Crippen LogP contribution is -2.31. The highest BCUT2D eigenvalue weighted by molar-refractivity contribution is 5.76. The molecule has 4 nitrogen and oxygen atoms in total. The molecule has 2 N–H and O–H groups in total. The Morgan fingerprint density at radius 2 is 2.00 bits per heavy atom. The molecule has 0 saturated carbocycles. The van der Waals surface area contributed by atoms with E-state index >= 15 is 0 Å². The van der Waals surface area contributed by atoms with E-state index < -0.39 is 0 Å². The van der Waals surface area contributed by atoms with Gasteiger partial charge in [0.15, 0.2) is 0 Å². The van der Waals surface area contributed by atoms with Crippen molar-refractivity contribution >= 4 is 5.91 Å². The Morgan fingerprint density at radius 1 is 1.41 bits per heavy atom. The lowest BCUT2D eigenvalue weighted by molar-refractivity contribution is -0.130. The third kappa shape index (κ3) is 4.44. The molecule has 0 bridgehead atoms. The van der Waals surface area contributed by atoms with Gasteiger partial charge in [-0.05, 0) is 24.6 Å². The minimum Gasteiger partial charge on any atom is -0.497 e. The van der Waals surface area contributed by atoms with Crippen molar-refractivity contribution in [1.29, 1.82) is 0 Å². The van der Waals surface area contributed by atoms with Crippen molar-refractivity contribution < 1.29 is 9.53 Å². The Bertz CT molecular complexity index is 360. The van der Waals surface area contributed by atoms with E-state index in [-0.39, 0.29) is 11.9 Å². The van der Waals surface area contributed by atoms with E-state index in [1.54, 1.807) is 19.1 Å². The van der Waals surface area contributed by atoms with Crippen LogP contribution in [0.1, 0.15) is 18.9 Å². The average molecular weight is 236 g/mol. The highest BCUT2D eigenvalue weighted by Crippen LogP contribution is 2.12. The van der Waals surface area contributed by atoms with Gasteiger partial charge in [0.2, 0.25) is 5.91 Å². The molecule has 1 aromatic rings. The molecule has 0 fully saturated rings. The second kappa shape index (κ2) is 6.25. The minimum absolute atomic E-state index is 0.0656. The SMILES string of the molecule is COc1ccc(CN(C)C(=O)CC(C)N)cc1. The van der Waals surface area contributed by atoms with Crippen LogP contribution in [0, 0.1) is 0 Å². The van der Waals surface area contributed by atoms with Crippen LogP contribution in [-0.2, 0) is 11.3 Å². The quantitative estimate of drug-likeness (QED) is 0.840. The number of nitrogens with zero attached hydrogens (tertiary/aromatic N) is 1. The zero-order valence-corrected chi connectivity index (χ0v) is 10.6. The van der Waals surface area contributed by atoms with E-state index in [9.17, 15) is 4.79 Å². The number of benzene rings is 1. The second-order valence-corrected chi connectivity index (χ2v) is 4.28. The van der Waals surface area contributed by atoms with Crippen molar-refractivity contribution in [2.24, 2.45) is 5.73 Å². The number of carbonyl (C=O) groups is 1. The molecule has 0 heterocycles. The molecule has 0 aliphatic carbocycles. The first kappa shape index (κ1) is 13.5. The molecule has 1 amide bonds. The highest BCUT2D eigenvalue weighted by Gasteiger charge is 2.11. The molecule has 0 spiro atoms. The summed E-state index contributed by atoms with van der Waals surface area (Å²) in [6.07, 6.45) is 0.382. The fraction of sp³-hybridized carbons (Fsp3) is 0.462. The molecule has 94 valence electrons. The van der Waals surface area contributed by atoms with Crippen molar-refractivity contribution in [1.82, 2.24) is 4.90 Å². The van der Waals surface area contributed by atoms with Gasteiger partial charge < -0.3 is 15.4 Å². The van der Waals surface area contributed by atoms with E-state index in [0.717, 1.165) is 11.3 Å². The summed E-state index contributed by atoms with van der Waals surface area (Å²) in [7, 11) is 3.42. The maximum Gasteiger partial charge on any atom is 0.224 e. The van der Waals surface area contributed by atoms with E-state index in [1.165, 1.54) is 0 Å². The predicted octanol–water partition coefficient (Wildman–Crippen LogP) is 1.39.